The molecule has 162 valence electrons. The Morgan fingerprint density at radius 2 is 1.73 bits per heavy atom. The van der Waals surface area contributed by atoms with E-state index >= 15 is 0 Å². The number of nitriles is 1. The quantitative estimate of drug-likeness (QED) is 0.493. The number of pyridine rings is 2. The van der Waals surface area contributed by atoms with Crippen LogP contribution in [0.25, 0.3) is 22.4 Å². The maximum absolute atomic E-state index is 13.2. The molecule has 1 amide bonds. The summed E-state index contributed by atoms with van der Waals surface area (Å²) in [5.41, 5.74) is 5.67. The highest BCUT2D eigenvalue weighted by Crippen LogP contribution is 2.29. The molecule has 0 bridgehead atoms. The van der Waals surface area contributed by atoms with Crippen LogP contribution in [0.4, 0.5) is 0 Å². The van der Waals surface area contributed by atoms with Crippen LogP contribution in [-0.2, 0) is 0 Å². The molecule has 0 saturated carbocycles. The highest BCUT2D eigenvalue weighted by atomic mass is 16.1. The Morgan fingerprint density at radius 1 is 0.970 bits per heavy atom. The Labute approximate surface area is 192 Å². The van der Waals surface area contributed by atoms with Gasteiger partial charge in [0.2, 0.25) is 0 Å². The third kappa shape index (κ3) is 4.91. The fourth-order valence-corrected chi connectivity index (χ4v) is 3.41. The van der Waals surface area contributed by atoms with Crippen molar-refractivity contribution in [1.82, 2.24) is 25.3 Å². The summed E-state index contributed by atoms with van der Waals surface area (Å²) in [5.74, 6) is 0.422. The van der Waals surface area contributed by atoms with Crippen LogP contribution >= 0.6 is 0 Å². The zero-order valence-electron chi connectivity index (χ0n) is 18.6. The number of aryl methyl sites for hydroxylation is 2. The van der Waals surface area contributed by atoms with Gasteiger partial charge in [0.05, 0.1) is 23.4 Å². The van der Waals surface area contributed by atoms with Gasteiger partial charge in [-0.2, -0.15) is 5.26 Å². The number of hydrogen-bond acceptors (Lipinski definition) is 6. The van der Waals surface area contributed by atoms with E-state index in [0.717, 1.165) is 27.9 Å². The van der Waals surface area contributed by atoms with Crippen LogP contribution in [0.15, 0.2) is 67.4 Å². The molecule has 0 aliphatic carbocycles. The molecule has 0 radical (unpaired) electrons. The predicted octanol–water partition coefficient (Wildman–Crippen LogP) is 4.58. The first-order valence-electron chi connectivity index (χ1n) is 10.5. The van der Waals surface area contributed by atoms with Crippen LogP contribution in [0.5, 0.6) is 0 Å². The van der Waals surface area contributed by atoms with E-state index in [1.807, 2.05) is 39.0 Å². The predicted molar refractivity (Wildman–Crippen MR) is 125 cm³/mol. The summed E-state index contributed by atoms with van der Waals surface area (Å²) in [6.07, 6.45) is 8.41. The van der Waals surface area contributed by atoms with E-state index in [2.05, 4.69) is 31.3 Å². The molecule has 0 aliphatic heterocycles. The maximum atomic E-state index is 13.2. The Morgan fingerprint density at radius 3 is 2.42 bits per heavy atom. The molecule has 1 unspecified atom stereocenters. The summed E-state index contributed by atoms with van der Waals surface area (Å²) in [7, 11) is 0. The molecule has 0 fully saturated rings. The van der Waals surface area contributed by atoms with Crippen molar-refractivity contribution < 1.29 is 4.79 Å². The van der Waals surface area contributed by atoms with Crippen molar-refractivity contribution in [3.8, 4) is 28.5 Å². The van der Waals surface area contributed by atoms with Crippen molar-refractivity contribution >= 4 is 5.91 Å². The molecular weight excluding hydrogens is 412 g/mol. The van der Waals surface area contributed by atoms with Crippen molar-refractivity contribution in [1.29, 1.82) is 5.26 Å². The lowest BCUT2D eigenvalue weighted by Crippen LogP contribution is -2.27. The Kier molecular flexibility index (Phi) is 6.18. The second kappa shape index (κ2) is 9.37. The van der Waals surface area contributed by atoms with Gasteiger partial charge in [0.15, 0.2) is 0 Å². The number of rotatable bonds is 5. The second-order valence-corrected chi connectivity index (χ2v) is 7.81. The summed E-state index contributed by atoms with van der Waals surface area (Å²) >= 11 is 0. The Bertz CT molecular complexity index is 1340. The second-order valence-electron chi connectivity index (χ2n) is 7.81. The molecule has 33 heavy (non-hydrogen) atoms. The number of carbonyl (C=O) groups excluding carboxylic acids is 1. The van der Waals surface area contributed by atoms with Gasteiger partial charge >= 0.3 is 0 Å². The lowest BCUT2D eigenvalue weighted by molar-refractivity contribution is 0.0940. The largest absolute Gasteiger partial charge is 0.345 e. The summed E-state index contributed by atoms with van der Waals surface area (Å²) in [6, 6.07) is 12.9. The number of amides is 1. The van der Waals surface area contributed by atoms with E-state index in [9.17, 15) is 10.1 Å². The molecule has 7 heteroatoms. The van der Waals surface area contributed by atoms with E-state index in [1.54, 1.807) is 49.2 Å². The molecular formula is C26H22N6O. The molecule has 4 aromatic rings. The zero-order valence-corrected chi connectivity index (χ0v) is 18.6. The highest BCUT2D eigenvalue weighted by Gasteiger charge is 2.16. The minimum absolute atomic E-state index is 0.249. The summed E-state index contributed by atoms with van der Waals surface area (Å²) in [6.45, 7) is 5.66. The van der Waals surface area contributed by atoms with Crippen molar-refractivity contribution in [2.24, 2.45) is 0 Å². The summed E-state index contributed by atoms with van der Waals surface area (Å²) in [5, 5.41) is 12.6. The van der Waals surface area contributed by atoms with Crippen molar-refractivity contribution in [2.75, 3.05) is 0 Å². The molecule has 1 N–H and O–H groups in total. The molecule has 0 saturated heterocycles. The molecule has 7 nitrogen and oxygen atoms in total. The van der Waals surface area contributed by atoms with Crippen LogP contribution in [-0.4, -0.2) is 25.8 Å². The van der Waals surface area contributed by atoms with Crippen molar-refractivity contribution in [2.45, 2.75) is 26.8 Å². The van der Waals surface area contributed by atoms with Gasteiger partial charge in [-0.15, -0.1) is 0 Å². The molecule has 0 aliphatic rings. The van der Waals surface area contributed by atoms with Crippen LogP contribution in [0, 0.1) is 25.2 Å². The highest BCUT2D eigenvalue weighted by molar-refractivity contribution is 5.97. The van der Waals surface area contributed by atoms with Gasteiger partial charge in [-0.3, -0.25) is 14.8 Å². The van der Waals surface area contributed by atoms with Crippen LogP contribution in [0.1, 0.15) is 45.8 Å². The first kappa shape index (κ1) is 21.8. The summed E-state index contributed by atoms with van der Waals surface area (Å²) in [4.78, 5) is 30.3. The van der Waals surface area contributed by atoms with Gasteiger partial charge in [-0.25, -0.2) is 9.97 Å². The van der Waals surface area contributed by atoms with E-state index in [0.29, 0.717) is 22.5 Å². The van der Waals surface area contributed by atoms with Gasteiger partial charge < -0.3 is 5.32 Å². The Hall–Kier alpha value is -4.44. The minimum atomic E-state index is -0.282. The molecule has 1 aromatic carbocycles. The number of hydrogen-bond donors (Lipinski definition) is 1. The number of aromatic nitrogens is 4. The third-order valence-corrected chi connectivity index (χ3v) is 5.30. The fraction of sp³-hybridized carbons (Fsp3) is 0.154. The van der Waals surface area contributed by atoms with Gasteiger partial charge in [-0.1, -0.05) is 6.07 Å². The standard InChI is InChI=1S/C26H22N6O/c1-16-4-5-25(31-12-16)21-8-20(24-15-28-7-6-19(24)11-27)9-22(10-21)26(33)32-17(2)23-13-29-18(3)30-14-23/h4-10,12-15,17H,1-3H3,(H,32,33). The summed E-state index contributed by atoms with van der Waals surface area (Å²) < 4.78 is 0. The van der Waals surface area contributed by atoms with Crippen LogP contribution in [0.2, 0.25) is 0 Å². The molecule has 3 heterocycles. The lowest BCUT2D eigenvalue weighted by Gasteiger charge is -2.15. The molecule has 0 spiro atoms. The van der Waals surface area contributed by atoms with Crippen LogP contribution < -0.4 is 5.32 Å². The van der Waals surface area contributed by atoms with E-state index in [1.165, 1.54) is 0 Å². The van der Waals surface area contributed by atoms with Gasteiger partial charge in [0, 0.05) is 53.2 Å². The van der Waals surface area contributed by atoms with E-state index < -0.39 is 0 Å². The topological polar surface area (TPSA) is 104 Å². The number of nitrogens with zero attached hydrogens (tertiary/aromatic N) is 5. The third-order valence-electron chi connectivity index (χ3n) is 5.30. The zero-order chi connectivity index (χ0) is 23.4. The average molecular weight is 435 g/mol. The molecule has 3 aromatic heterocycles. The smallest absolute Gasteiger partial charge is 0.251 e. The number of benzene rings is 1. The van der Waals surface area contributed by atoms with Crippen molar-refractivity contribution in [3.05, 3.63) is 95.5 Å². The fourth-order valence-electron chi connectivity index (χ4n) is 3.41. The van der Waals surface area contributed by atoms with Gasteiger partial charge in [0.1, 0.15) is 5.82 Å². The lowest BCUT2D eigenvalue weighted by atomic mass is 9.96. The van der Waals surface area contributed by atoms with Crippen molar-refractivity contribution in [3.63, 3.8) is 0 Å². The number of carbonyl (C=O) groups is 1. The molecule has 4 rings (SSSR count). The van der Waals surface area contributed by atoms with Gasteiger partial charge in [0.25, 0.3) is 5.91 Å². The SMILES string of the molecule is Cc1ccc(-c2cc(C(=O)NC(C)c3cnc(C)nc3)cc(-c3cnccc3C#N)c2)nc1. The average Bonchev–Trinajstić information content (AvgIpc) is 2.84. The first-order chi connectivity index (χ1) is 15.9. The van der Waals surface area contributed by atoms with Gasteiger partial charge in [-0.05, 0) is 62.2 Å². The van der Waals surface area contributed by atoms with E-state index in [-0.39, 0.29) is 11.9 Å². The number of nitrogens with one attached hydrogen (secondary N) is 1. The van der Waals surface area contributed by atoms with Crippen LogP contribution in [0.3, 0.4) is 0 Å². The first-order valence-corrected chi connectivity index (χ1v) is 10.5. The monoisotopic (exact) mass is 434 g/mol. The Balaban J connectivity index is 1.75. The minimum Gasteiger partial charge on any atom is -0.345 e. The normalized spacial score (nSPS) is 11.5. The van der Waals surface area contributed by atoms with E-state index in [4.69, 9.17) is 0 Å². The molecule has 1 atom stereocenters. The maximum Gasteiger partial charge on any atom is 0.251 e.